The topological polar surface area (TPSA) is 94.3 Å². The van der Waals surface area contributed by atoms with Gasteiger partial charge in [-0.1, -0.05) is 0 Å². The quantitative estimate of drug-likeness (QED) is 0.838. The summed E-state index contributed by atoms with van der Waals surface area (Å²) in [6.45, 7) is 1.77. The SMILES string of the molecule is COc1ccc(N)cc1S(=O)(=O)Nc1ccncc1C. The molecule has 0 aliphatic carbocycles. The Hall–Kier alpha value is -2.28. The van der Waals surface area contributed by atoms with Crippen LogP contribution in [0.5, 0.6) is 5.75 Å². The first-order valence-corrected chi connectivity index (χ1v) is 7.29. The molecule has 1 heterocycles. The van der Waals surface area contributed by atoms with Crippen LogP contribution in [0.1, 0.15) is 5.56 Å². The number of ether oxygens (including phenoxy) is 1. The van der Waals surface area contributed by atoms with Crippen LogP contribution in [0.25, 0.3) is 0 Å². The van der Waals surface area contributed by atoms with Crippen LogP contribution in [0.4, 0.5) is 11.4 Å². The van der Waals surface area contributed by atoms with Crippen molar-refractivity contribution >= 4 is 21.4 Å². The van der Waals surface area contributed by atoms with Crippen LogP contribution >= 0.6 is 0 Å². The number of hydrogen-bond acceptors (Lipinski definition) is 5. The Morgan fingerprint density at radius 2 is 2.05 bits per heavy atom. The van der Waals surface area contributed by atoms with Crippen molar-refractivity contribution < 1.29 is 13.2 Å². The third-order valence-electron chi connectivity index (χ3n) is 2.74. The van der Waals surface area contributed by atoms with Crippen molar-refractivity contribution in [2.45, 2.75) is 11.8 Å². The van der Waals surface area contributed by atoms with Gasteiger partial charge in [0.05, 0.1) is 12.8 Å². The van der Waals surface area contributed by atoms with Gasteiger partial charge in [-0.2, -0.15) is 0 Å². The van der Waals surface area contributed by atoms with Crippen LogP contribution in [0.2, 0.25) is 0 Å². The fourth-order valence-electron chi connectivity index (χ4n) is 1.69. The summed E-state index contributed by atoms with van der Waals surface area (Å²) in [5, 5.41) is 0. The molecule has 0 saturated heterocycles. The van der Waals surface area contributed by atoms with Gasteiger partial charge in [0.1, 0.15) is 10.6 Å². The molecule has 2 rings (SSSR count). The van der Waals surface area contributed by atoms with Gasteiger partial charge in [-0.25, -0.2) is 8.42 Å². The van der Waals surface area contributed by atoms with Crippen molar-refractivity contribution in [2.75, 3.05) is 17.6 Å². The number of pyridine rings is 1. The zero-order chi connectivity index (χ0) is 14.8. The zero-order valence-electron chi connectivity index (χ0n) is 11.1. The van der Waals surface area contributed by atoms with Crippen molar-refractivity contribution in [1.82, 2.24) is 4.98 Å². The molecular weight excluding hydrogens is 278 g/mol. The third-order valence-corrected chi connectivity index (χ3v) is 4.13. The summed E-state index contributed by atoms with van der Waals surface area (Å²) in [6, 6.07) is 6.04. The van der Waals surface area contributed by atoms with Gasteiger partial charge in [0.25, 0.3) is 10.0 Å². The number of nitrogens with zero attached hydrogens (tertiary/aromatic N) is 1. The Morgan fingerprint density at radius 1 is 1.30 bits per heavy atom. The number of nitrogens with two attached hydrogens (primary N) is 1. The largest absolute Gasteiger partial charge is 0.495 e. The monoisotopic (exact) mass is 293 g/mol. The lowest BCUT2D eigenvalue weighted by Crippen LogP contribution is -2.15. The third kappa shape index (κ3) is 2.83. The molecule has 106 valence electrons. The molecular formula is C13H15N3O3S. The van der Waals surface area contributed by atoms with Gasteiger partial charge in [-0.15, -0.1) is 0 Å². The number of aryl methyl sites for hydroxylation is 1. The Balaban J connectivity index is 2.46. The highest BCUT2D eigenvalue weighted by molar-refractivity contribution is 7.92. The highest BCUT2D eigenvalue weighted by Gasteiger charge is 2.20. The van der Waals surface area contributed by atoms with E-state index in [0.717, 1.165) is 5.56 Å². The molecule has 3 N–H and O–H groups in total. The molecule has 0 spiro atoms. The second kappa shape index (κ2) is 5.38. The van der Waals surface area contributed by atoms with Crippen LogP contribution in [0.3, 0.4) is 0 Å². The van der Waals surface area contributed by atoms with Gasteiger partial charge in [0, 0.05) is 18.1 Å². The van der Waals surface area contributed by atoms with E-state index in [4.69, 9.17) is 10.5 Å². The van der Waals surface area contributed by atoms with Crippen LogP contribution in [0, 0.1) is 6.92 Å². The lowest BCUT2D eigenvalue weighted by Gasteiger charge is -2.13. The predicted octanol–water partition coefficient (Wildman–Crippen LogP) is 1.78. The van der Waals surface area contributed by atoms with Crippen LogP contribution in [-0.4, -0.2) is 20.5 Å². The van der Waals surface area contributed by atoms with Crippen molar-refractivity contribution in [3.63, 3.8) is 0 Å². The number of aromatic nitrogens is 1. The summed E-state index contributed by atoms with van der Waals surface area (Å²) in [7, 11) is -2.38. The smallest absolute Gasteiger partial charge is 0.265 e. The molecule has 0 atom stereocenters. The normalized spacial score (nSPS) is 11.1. The molecule has 7 heteroatoms. The maximum atomic E-state index is 12.4. The van der Waals surface area contributed by atoms with Crippen LogP contribution < -0.4 is 15.2 Å². The highest BCUT2D eigenvalue weighted by atomic mass is 32.2. The minimum Gasteiger partial charge on any atom is -0.495 e. The van der Waals surface area contributed by atoms with Gasteiger partial charge in [0.2, 0.25) is 0 Å². The highest BCUT2D eigenvalue weighted by Crippen LogP contribution is 2.28. The standard InChI is InChI=1S/C13H15N3O3S/c1-9-8-15-6-5-11(9)16-20(17,18)13-7-10(14)3-4-12(13)19-2/h3-8H,14H2,1-2H3,(H,15,16). The Bertz CT molecular complexity index is 729. The number of hydrogen-bond donors (Lipinski definition) is 2. The number of methoxy groups -OCH3 is 1. The molecule has 0 radical (unpaired) electrons. The number of anilines is 2. The second-order valence-corrected chi connectivity index (χ2v) is 5.86. The van der Waals surface area contributed by atoms with Crippen molar-refractivity contribution in [3.05, 3.63) is 42.2 Å². The van der Waals surface area contributed by atoms with Gasteiger partial charge in [-0.05, 0) is 36.8 Å². The number of sulfonamides is 1. The molecule has 1 aromatic carbocycles. The minimum absolute atomic E-state index is 0.00351. The molecule has 20 heavy (non-hydrogen) atoms. The second-order valence-electron chi connectivity index (χ2n) is 4.21. The maximum absolute atomic E-state index is 12.4. The summed E-state index contributed by atoms with van der Waals surface area (Å²) in [6.07, 6.45) is 3.09. The first kappa shape index (κ1) is 14.1. The Labute approximate surface area is 117 Å². The summed E-state index contributed by atoms with van der Waals surface area (Å²) in [5.41, 5.74) is 7.17. The first-order chi connectivity index (χ1) is 9.44. The maximum Gasteiger partial charge on any atom is 0.265 e. The molecule has 0 unspecified atom stereocenters. The van der Waals surface area contributed by atoms with E-state index in [1.54, 1.807) is 25.3 Å². The summed E-state index contributed by atoms with van der Waals surface area (Å²) in [5.74, 6) is 0.235. The molecule has 0 bridgehead atoms. The van der Waals surface area contributed by atoms with Gasteiger partial charge in [-0.3, -0.25) is 9.71 Å². The number of nitrogens with one attached hydrogen (secondary N) is 1. The molecule has 6 nitrogen and oxygen atoms in total. The van der Waals surface area contributed by atoms with Gasteiger partial charge in [0.15, 0.2) is 0 Å². The molecule has 2 aromatic rings. The number of rotatable bonds is 4. The summed E-state index contributed by atoms with van der Waals surface area (Å²) >= 11 is 0. The first-order valence-electron chi connectivity index (χ1n) is 5.81. The molecule has 0 amide bonds. The van der Waals surface area contributed by atoms with Crippen LogP contribution in [0.15, 0.2) is 41.6 Å². The van der Waals surface area contributed by atoms with E-state index >= 15 is 0 Å². The van der Waals surface area contributed by atoms with Crippen molar-refractivity contribution in [3.8, 4) is 5.75 Å². The number of nitrogen functional groups attached to an aromatic ring is 1. The molecule has 0 saturated carbocycles. The van der Waals surface area contributed by atoms with Crippen molar-refractivity contribution in [2.24, 2.45) is 0 Å². The van der Waals surface area contributed by atoms with E-state index in [1.807, 2.05) is 0 Å². The van der Waals surface area contributed by atoms with E-state index in [0.29, 0.717) is 11.4 Å². The van der Waals surface area contributed by atoms with E-state index in [9.17, 15) is 8.42 Å². The lowest BCUT2D eigenvalue weighted by atomic mass is 10.3. The van der Waals surface area contributed by atoms with E-state index in [-0.39, 0.29) is 10.6 Å². The average Bonchev–Trinajstić information content (AvgIpc) is 2.41. The fraction of sp³-hybridized carbons (Fsp3) is 0.154. The Kier molecular flexibility index (Phi) is 3.80. The summed E-state index contributed by atoms with van der Waals surface area (Å²) in [4.78, 5) is 3.91. The van der Waals surface area contributed by atoms with Crippen LogP contribution in [-0.2, 0) is 10.0 Å². The molecule has 0 aliphatic heterocycles. The molecule has 0 fully saturated rings. The number of benzene rings is 1. The van der Waals surface area contributed by atoms with Crippen molar-refractivity contribution in [1.29, 1.82) is 0 Å². The average molecular weight is 293 g/mol. The fourth-order valence-corrected chi connectivity index (χ4v) is 3.03. The van der Waals surface area contributed by atoms with E-state index in [1.165, 1.54) is 25.4 Å². The lowest BCUT2D eigenvalue weighted by molar-refractivity contribution is 0.403. The van der Waals surface area contributed by atoms with E-state index < -0.39 is 10.0 Å². The minimum atomic E-state index is -3.78. The van der Waals surface area contributed by atoms with Gasteiger partial charge >= 0.3 is 0 Å². The Morgan fingerprint density at radius 3 is 2.70 bits per heavy atom. The summed E-state index contributed by atoms with van der Waals surface area (Å²) < 4.78 is 32.4. The van der Waals surface area contributed by atoms with E-state index in [2.05, 4.69) is 9.71 Å². The van der Waals surface area contributed by atoms with Gasteiger partial charge < -0.3 is 10.5 Å². The predicted molar refractivity (Wildman–Crippen MR) is 77.2 cm³/mol. The zero-order valence-corrected chi connectivity index (χ0v) is 11.9. The molecule has 1 aromatic heterocycles. The molecule has 0 aliphatic rings.